The average molecular weight is 440 g/mol. The van der Waals surface area contributed by atoms with E-state index in [1.807, 2.05) is 10.6 Å². The molecule has 6 rings (SSSR count). The number of ether oxygens (including phenoxy) is 2. The fourth-order valence-corrected chi connectivity index (χ4v) is 5.35. The summed E-state index contributed by atoms with van der Waals surface area (Å²) < 4.78 is 13.0. The number of anilines is 3. The minimum Gasteiger partial charge on any atom is -0.378 e. The Morgan fingerprint density at radius 3 is 1.97 bits per heavy atom. The maximum atomic E-state index is 12.4. The second kappa shape index (κ2) is 8.32. The summed E-state index contributed by atoms with van der Waals surface area (Å²) in [6.07, 6.45) is 1.11. The third kappa shape index (κ3) is 3.71. The summed E-state index contributed by atoms with van der Waals surface area (Å²) in [5.74, 6) is 2.92. The zero-order chi connectivity index (χ0) is 21.5. The highest BCUT2D eigenvalue weighted by atomic mass is 16.5. The van der Waals surface area contributed by atoms with Crippen LogP contribution in [0.3, 0.4) is 0 Å². The summed E-state index contributed by atoms with van der Waals surface area (Å²) in [7, 11) is 0. The molecule has 3 saturated heterocycles. The van der Waals surface area contributed by atoms with E-state index in [2.05, 4.69) is 20.8 Å². The van der Waals surface area contributed by atoms with E-state index in [4.69, 9.17) is 24.4 Å². The summed E-state index contributed by atoms with van der Waals surface area (Å²) in [5, 5.41) is 0. The highest BCUT2D eigenvalue weighted by Gasteiger charge is 2.36. The Kier molecular flexibility index (Phi) is 5.18. The average Bonchev–Trinajstić information content (AvgIpc) is 2.85. The van der Waals surface area contributed by atoms with Crippen LogP contribution in [-0.2, 0) is 16.0 Å². The number of nitrogens with zero attached hydrogens (tertiary/aromatic N) is 7. The monoisotopic (exact) mass is 439 g/mol. The first-order valence-electron chi connectivity index (χ1n) is 11.6. The molecule has 0 amide bonds. The topological polar surface area (TPSA) is 88.9 Å². The number of hydrogen-bond donors (Lipinski definition) is 0. The van der Waals surface area contributed by atoms with Crippen LogP contribution >= 0.6 is 0 Å². The molecule has 2 bridgehead atoms. The number of pyridine rings is 1. The van der Waals surface area contributed by atoms with Gasteiger partial charge in [-0.25, -0.2) is 0 Å². The number of morpholine rings is 2. The van der Waals surface area contributed by atoms with Gasteiger partial charge in [0.2, 0.25) is 17.8 Å². The zero-order valence-electron chi connectivity index (χ0n) is 18.2. The van der Waals surface area contributed by atoms with Crippen LogP contribution in [-0.4, -0.2) is 85.2 Å². The minimum absolute atomic E-state index is 0.106. The van der Waals surface area contributed by atoms with Gasteiger partial charge in [0.1, 0.15) is 0 Å². The second-order valence-corrected chi connectivity index (χ2v) is 9.04. The predicted octanol–water partition coefficient (Wildman–Crippen LogP) is 0.330. The zero-order valence-corrected chi connectivity index (χ0v) is 18.2. The van der Waals surface area contributed by atoms with Gasteiger partial charge in [-0.1, -0.05) is 6.07 Å². The maximum Gasteiger partial charge on any atom is 0.250 e. The van der Waals surface area contributed by atoms with Crippen LogP contribution in [0.1, 0.15) is 18.0 Å². The van der Waals surface area contributed by atoms with Gasteiger partial charge >= 0.3 is 0 Å². The number of fused-ring (bicyclic) bond motifs is 4. The maximum absolute atomic E-state index is 12.4. The Bertz CT molecular complexity index is 996. The van der Waals surface area contributed by atoms with Gasteiger partial charge in [0.25, 0.3) is 5.56 Å². The smallest absolute Gasteiger partial charge is 0.250 e. The van der Waals surface area contributed by atoms with E-state index in [9.17, 15) is 4.79 Å². The minimum atomic E-state index is 0.106. The van der Waals surface area contributed by atoms with Crippen molar-refractivity contribution < 1.29 is 9.47 Å². The van der Waals surface area contributed by atoms with Gasteiger partial charge in [0.05, 0.1) is 26.4 Å². The molecule has 2 aromatic rings. The van der Waals surface area contributed by atoms with Gasteiger partial charge in [-0.3, -0.25) is 4.79 Å². The van der Waals surface area contributed by atoms with Crippen molar-refractivity contribution in [2.24, 2.45) is 5.92 Å². The van der Waals surface area contributed by atoms with Crippen LogP contribution in [0.4, 0.5) is 17.8 Å². The molecule has 0 spiro atoms. The molecule has 32 heavy (non-hydrogen) atoms. The van der Waals surface area contributed by atoms with Gasteiger partial charge in [0, 0.05) is 63.5 Å². The van der Waals surface area contributed by atoms with Crippen LogP contribution in [0.25, 0.3) is 0 Å². The number of piperidine rings is 1. The Morgan fingerprint density at radius 2 is 1.34 bits per heavy atom. The Hall–Kier alpha value is -2.72. The molecule has 0 radical (unpaired) electrons. The summed E-state index contributed by atoms with van der Waals surface area (Å²) in [5.41, 5.74) is 1.24. The van der Waals surface area contributed by atoms with Crippen LogP contribution in [0, 0.1) is 5.92 Å². The Labute approximate surface area is 186 Å². The van der Waals surface area contributed by atoms with Crippen molar-refractivity contribution in [3.63, 3.8) is 0 Å². The molecular formula is C22H29N7O3. The van der Waals surface area contributed by atoms with Gasteiger partial charge in [-0.2, -0.15) is 15.0 Å². The standard InChI is InChI=1S/C22H29N7O3/c30-19-3-1-2-18-17-12-16(14-29(18)19)13-28(15-17)22-24-20(26-4-8-31-9-5-26)23-21(25-22)27-6-10-32-11-7-27/h1-3,16-17H,4-15H2/t16-,17-/m1/s1. The molecule has 0 aromatic carbocycles. The van der Waals surface area contributed by atoms with Gasteiger partial charge in [0.15, 0.2) is 0 Å². The molecule has 6 heterocycles. The second-order valence-electron chi connectivity index (χ2n) is 9.04. The largest absolute Gasteiger partial charge is 0.378 e. The van der Waals surface area contributed by atoms with Crippen LogP contribution in [0.5, 0.6) is 0 Å². The molecule has 170 valence electrons. The first-order chi connectivity index (χ1) is 15.7. The summed E-state index contributed by atoms with van der Waals surface area (Å²) in [6.45, 7) is 8.32. The lowest BCUT2D eigenvalue weighted by Crippen LogP contribution is -2.48. The lowest BCUT2D eigenvalue weighted by Gasteiger charge is -2.43. The van der Waals surface area contributed by atoms with Gasteiger partial charge in [-0.15, -0.1) is 0 Å². The van der Waals surface area contributed by atoms with Crippen molar-refractivity contribution in [3.05, 3.63) is 34.2 Å². The Balaban J connectivity index is 1.34. The van der Waals surface area contributed by atoms with Crippen LogP contribution in [0.15, 0.2) is 23.0 Å². The highest BCUT2D eigenvalue weighted by Crippen LogP contribution is 2.36. The quantitative estimate of drug-likeness (QED) is 0.671. The van der Waals surface area contributed by atoms with E-state index in [-0.39, 0.29) is 5.56 Å². The normalized spacial score (nSPS) is 25.6. The molecule has 2 atom stereocenters. The predicted molar refractivity (Wildman–Crippen MR) is 120 cm³/mol. The van der Waals surface area contributed by atoms with E-state index < -0.39 is 0 Å². The van der Waals surface area contributed by atoms with Gasteiger partial charge in [-0.05, 0) is 18.4 Å². The van der Waals surface area contributed by atoms with Crippen molar-refractivity contribution in [2.45, 2.75) is 18.9 Å². The van der Waals surface area contributed by atoms with E-state index in [1.54, 1.807) is 6.07 Å². The molecule has 0 N–H and O–H groups in total. The molecule has 2 aromatic heterocycles. The van der Waals surface area contributed by atoms with Crippen LogP contribution < -0.4 is 20.3 Å². The molecule has 10 nitrogen and oxygen atoms in total. The summed E-state index contributed by atoms with van der Waals surface area (Å²) in [4.78, 5) is 33.7. The van der Waals surface area contributed by atoms with Crippen molar-refractivity contribution in [1.82, 2.24) is 19.5 Å². The highest BCUT2D eigenvalue weighted by molar-refractivity contribution is 5.48. The van der Waals surface area contributed by atoms with E-state index in [0.29, 0.717) is 38.3 Å². The molecular weight excluding hydrogens is 410 g/mol. The third-order valence-corrected chi connectivity index (χ3v) is 6.95. The number of rotatable bonds is 3. The van der Waals surface area contributed by atoms with E-state index in [0.717, 1.165) is 75.8 Å². The summed E-state index contributed by atoms with van der Waals surface area (Å²) >= 11 is 0. The SMILES string of the molecule is O=c1cccc2n1C[C@@H]1C[C@@H]2CN(c2nc(N3CCOCC3)nc(N3CCOCC3)n2)C1. The molecule has 4 aliphatic heterocycles. The number of aromatic nitrogens is 4. The molecule has 3 fully saturated rings. The van der Waals surface area contributed by atoms with Crippen molar-refractivity contribution >= 4 is 17.8 Å². The lowest BCUT2D eigenvalue weighted by atomic mass is 9.83. The first-order valence-corrected chi connectivity index (χ1v) is 11.6. The van der Waals surface area contributed by atoms with E-state index >= 15 is 0 Å². The number of hydrogen-bond acceptors (Lipinski definition) is 9. The van der Waals surface area contributed by atoms with E-state index in [1.165, 1.54) is 0 Å². The third-order valence-electron chi connectivity index (χ3n) is 6.95. The van der Waals surface area contributed by atoms with Crippen molar-refractivity contribution in [2.75, 3.05) is 80.4 Å². The van der Waals surface area contributed by atoms with Gasteiger partial charge < -0.3 is 28.7 Å². The fraction of sp³-hybridized carbons (Fsp3) is 0.636. The fourth-order valence-electron chi connectivity index (χ4n) is 5.35. The molecule has 0 saturated carbocycles. The molecule has 0 aliphatic carbocycles. The first kappa shape index (κ1) is 19.9. The molecule has 10 heteroatoms. The summed E-state index contributed by atoms with van der Waals surface area (Å²) in [6, 6.07) is 5.64. The molecule has 4 aliphatic rings. The lowest BCUT2D eigenvalue weighted by molar-refractivity contribution is 0.121. The van der Waals surface area contributed by atoms with Crippen LogP contribution in [0.2, 0.25) is 0 Å². The van der Waals surface area contributed by atoms with Crippen molar-refractivity contribution in [1.29, 1.82) is 0 Å². The Morgan fingerprint density at radius 1 is 0.750 bits per heavy atom. The molecule has 0 unspecified atom stereocenters. The van der Waals surface area contributed by atoms with Crippen molar-refractivity contribution in [3.8, 4) is 0 Å².